The van der Waals surface area contributed by atoms with E-state index >= 15 is 0 Å². The Morgan fingerprint density at radius 1 is 1.39 bits per heavy atom. The summed E-state index contributed by atoms with van der Waals surface area (Å²) in [6.07, 6.45) is 0. The summed E-state index contributed by atoms with van der Waals surface area (Å²) in [6, 6.07) is 10.7. The number of carbonyl (C=O) groups excluding carboxylic acids is 2. The number of nitriles is 2. The number of nitrogens with zero attached hydrogens (tertiary/aromatic N) is 2. The van der Waals surface area contributed by atoms with E-state index in [0.29, 0.717) is 10.6 Å². The number of carbonyl (C=O) groups is 2. The second-order valence-corrected chi connectivity index (χ2v) is 6.10. The SMILES string of the molecule is N#CC1=C(SCC(N)=O)NC(=O)[C@@H](C#N)[C@@H]1c1ccccc1Cl. The van der Waals surface area contributed by atoms with Crippen LogP contribution in [0.15, 0.2) is 34.9 Å². The van der Waals surface area contributed by atoms with E-state index in [9.17, 15) is 20.1 Å². The van der Waals surface area contributed by atoms with Crippen molar-refractivity contribution < 1.29 is 9.59 Å². The number of benzene rings is 1. The molecule has 0 aliphatic carbocycles. The van der Waals surface area contributed by atoms with E-state index < -0.39 is 23.7 Å². The molecule has 0 saturated carbocycles. The van der Waals surface area contributed by atoms with Crippen molar-refractivity contribution in [3.8, 4) is 12.1 Å². The number of rotatable bonds is 4. The Bertz CT molecular complexity index is 778. The molecule has 0 unspecified atom stereocenters. The van der Waals surface area contributed by atoms with Gasteiger partial charge in [-0.1, -0.05) is 41.6 Å². The summed E-state index contributed by atoms with van der Waals surface area (Å²) in [5.74, 6) is -3.08. The summed E-state index contributed by atoms with van der Waals surface area (Å²) in [6.45, 7) is 0. The minimum atomic E-state index is -1.08. The molecular weight excluding hydrogens is 336 g/mol. The van der Waals surface area contributed by atoms with Gasteiger partial charge in [0.05, 0.1) is 28.5 Å². The molecule has 8 heteroatoms. The lowest BCUT2D eigenvalue weighted by atomic mass is 9.79. The molecule has 1 aromatic rings. The Morgan fingerprint density at radius 3 is 2.65 bits per heavy atom. The molecule has 3 N–H and O–H groups in total. The second kappa shape index (κ2) is 7.19. The van der Waals surface area contributed by atoms with E-state index in [0.717, 1.165) is 11.8 Å². The average Bonchev–Trinajstić information content (AvgIpc) is 2.52. The highest BCUT2D eigenvalue weighted by atomic mass is 35.5. The lowest BCUT2D eigenvalue weighted by molar-refractivity contribution is -0.123. The Morgan fingerprint density at radius 2 is 2.09 bits per heavy atom. The van der Waals surface area contributed by atoms with Crippen LogP contribution in [0.1, 0.15) is 11.5 Å². The summed E-state index contributed by atoms with van der Waals surface area (Å²) < 4.78 is 0. The zero-order valence-corrected chi connectivity index (χ0v) is 13.3. The fraction of sp³-hybridized carbons (Fsp3) is 0.200. The van der Waals surface area contributed by atoms with E-state index in [1.54, 1.807) is 24.3 Å². The molecule has 1 aromatic carbocycles. The highest BCUT2D eigenvalue weighted by Crippen LogP contribution is 2.41. The van der Waals surface area contributed by atoms with Crippen molar-refractivity contribution in [3.05, 3.63) is 45.5 Å². The number of thioether (sulfide) groups is 1. The van der Waals surface area contributed by atoms with Gasteiger partial charge in [0.15, 0.2) is 0 Å². The van der Waals surface area contributed by atoms with Crippen LogP contribution >= 0.6 is 23.4 Å². The minimum Gasteiger partial charge on any atom is -0.369 e. The molecule has 0 saturated heterocycles. The summed E-state index contributed by atoms with van der Waals surface area (Å²) in [5, 5.41) is 21.9. The molecular formula is C15H11ClN4O2S. The molecule has 6 nitrogen and oxygen atoms in total. The van der Waals surface area contributed by atoms with Gasteiger partial charge in [0.1, 0.15) is 5.92 Å². The van der Waals surface area contributed by atoms with Crippen LogP contribution in [-0.2, 0) is 9.59 Å². The molecule has 0 radical (unpaired) electrons. The first-order valence-corrected chi connectivity index (χ1v) is 7.86. The van der Waals surface area contributed by atoms with Crippen LogP contribution < -0.4 is 11.1 Å². The van der Waals surface area contributed by atoms with Crippen molar-refractivity contribution in [2.75, 3.05) is 5.75 Å². The highest BCUT2D eigenvalue weighted by Gasteiger charge is 2.40. The maximum absolute atomic E-state index is 12.2. The molecule has 23 heavy (non-hydrogen) atoms. The van der Waals surface area contributed by atoms with Gasteiger partial charge in [-0.05, 0) is 11.6 Å². The zero-order valence-electron chi connectivity index (χ0n) is 11.7. The van der Waals surface area contributed by atoms with Crippen molar-refractivity contribution >= 4 is 35.2 Å². The van der Waals surface area contributed by atoms with Crippen molar-refractivity contribution in [2.24, 2.45) is 11.7 Å². The van der Waals surface area contributed by atoms with E-state index in [4.69, 9.17) is 17.3 Å². The molecule has 1 aliphatic heterocycles. The Hall–Kier alpha value is -2.48. The molecule has 1 heterocycles. The van der Waals surface area contributed by atoms with Crippen molar-refractivity contribution in [3.63, 3.8) is 0 Å². The molecule has 2 rings (SSSR count). The van der Waals surface area contributed by atoms with E-state index in [-0.39, 0.29) is 16.4 Å². The monoisotopic (exact) mass is 346 g/mol. The normalized spacial score (nSPS) is 20.4. The van der Waals surface area contributed by atoms with Gasteiger partial charge in [-0.2, -0.15) is 10.5 Å². The average molecular weight is 347 g/mol. The number of amides is 2. The zero-order chi connectivity index (χ0) is 17.0. The molecule has 0 fully saturated rings. The van der Waals surface area contributed by atoms with Crippen LogP contribution in [0.2, 0.25) is 5.02 Å². The molecule has 116 valence electrons. The first kappa shape index (κ1) is 16.9. The number of nitrogens with one attached hydrogen (secondary N) is 1. The number of hydrogen-bond donors (Lipinski definition) is 2. The van der Waals surface area contributed by atoms with Crippen LogP contribution in [-0.4, -0.2) is 17.6 Å². The predicted octanol–water partition coefficient (Wildman–Crippen LogP) is 1.65. The fourth-order valence-corrected chi connectivity index (χ4v) is 3.33. The van der Waals surface area contributed by atoms with Crippen LogP contribution in [0.4, 0.5) is 0 Å². The molecule has 0 bridgehead atoms. The van der Waals surface area contributed by atoms with E-state index in [1.165, 1.54) is 0 Å². The van der Waals surface area contributed by atoms with Crippen molar-refractivity contribution in [2.45, 2.75) is 5.92 Å². The summed E-state index contributed by atoms with van der Waals surface area (Å²) >= 11 is 7.13. The Kier molecular flexibility index (Phi) is 5.28. The van der Waals surface area contributed by atoms with Gasteiger partial charge in [-0.25, -0.2) is 0 Å². The number of primary amides is 1. The van der Waals surface area contributed by atoms with Crippen LogP contribution in [0.3, 0.4) is 0 Å². The van der Waals surface area contributed by atoms with Crippen LogP contribution in [0, 0.1) is 28.6 Å². The van der Waals surface area contributed by atoms with E-state index in [1.807, 2.05) is 12.1 Å². The van der Waals surface area contributed by atoms with Crippen molar-refractivity contribution in [1.82, 2.24) is 5.32 Å². The van der Waals surface area contributed by atoms with Gasteiger partial charge in [0.25, 0.3) is 0 Å². The minimum absolute atomic E-state index is 0.0900. The third-order valence-electron chi connectivity index (χ3n) is 3.27. The van der Waals surface area contributed by atoms with E-state index in [2.05, 4.69) is 5.32 Å². The van der Waals surface area contributed by atoms with Crippen molar-refractivity contribution in [1.29, 1.82) is 10.5 Å². The Labute approximate surface area is 141 Å². The number of hydrogen-bond acceptors (Lipinski definition) is 5. The lowest BCUT2D eigenvalue weighted by Gasteiger charge is -2.29. The van der Waals surface area contributed by atoms with Gasteiger partial charge in [0, 0.05) is 10.9 Å². The summed E-state index contributed by atoms with van der Waals surface area (Å²) in [4.78, 5) is 23.1. The van der Waals surface area contributed by atoms with Crippen LogP contribution in [0.25, 0.3) is 0 Å². The topological polar surface area (TPSA) is 120 Å². The highest BCUT2D eigenvalue weighted by molar-refractivity contribution is 8.03. The van der Waals surface area contributed by atoms with Gasteiger partial charge in [-0.3, -0.25) is 9.59 Å². The fourth-order valence-electron chi connectivity index (χ4n) is 2.29. The molecule has 2 amide bonds. The van der Waals surface area contributed by atoms with Gasteiger partial charge >= 0.3 is 0 Å². The van der Waals surface area contributed by atoms with Gasteiger partial charge in [0.2, 0.25) is 11.8 Å². The molecule has 2 atom stereocenters. The van der Waals surface area contributed by atoms with Gasteiger partial charge < -0.3 is 11.1 Å². The summed E-state index contributed by atoms with van der Waals surface area (Å²) in [7, 11) is 0. The standard InChI is InChI=1S/C15H11ClN4O2S/c16-11-4-2-1-3-8(11)13-9(5-17)14(22)20-15(10(13)6-18)23-7-12(19)21/h1-4,9,13H,7H2,(H2,19,21)(H,20,22)/t9-,13-/m0/s1. The molecule has 1 aliphatic rings. The molecule has 0 aromatic heterocycles. The largest absolute Gasteiger partial charge is 0.369 e. The first-order chi connectivity index (χ1) is 11.0. The van der Waals surface area contributed by atoms with Gasteiger partial charge in [-0.15, -0.1) is 0 Å². The maximum atomic E-state index is 12.2. The number of allylic oxidation sites excluding steroid dienone is 1. The maximum Gasteiger partial charge on any atom is 0.243 e. The smallest absolute Gasteiger partial charge is 0.243 e. The third-order valence-corrected chi connectivity index (χ3v) is 4.65. The number of nitrogens with two attached hydrogens (primary N) is 1. The Balaban J connectivity index is 2.57. The first-order valence-electron chi connectivity index (χ1n) is 6.49. The summed E-state index contributed by atoms with van der Waals surface area (Å²) in [5.41, 5.74) is 5.81. The second-order valence-electron chi connectivity index (χ2n) is 4.70. The lowest BCUT2D eigenvalue weighted by Crippen LogP contribution is -2.39. The molecule has 0 spiro atoms. The quantitative estimate of drug-likeness (QED) is 0.858. The number of halogens is 1. The predicted molar refractivity (Wildman–Crippen MR) is 85.7 cm³/mol. The van der Waals surface area contributed by atoms with Crippen LogP contribution in [0.5, 0.6) is 0 Å². The third kappa shape index (κ3) is 3.48.